The van der Waals surface area contributed by atoms with Gasteiger partial charge in [-0.15, -0.1) is 0 Å². The fourth-order valence-electron chi connectivity index (χ4n) is 2.03. The van der Waals surface area contributed by atoms with Crippen LogP contribution in [0, 0.1) is 0 Å². The first-order valence-corrected chi connectivity index (χ1v) is 7.04. The highest BCUT2D eigenvalue weighted by Gasteiger charge is 2.06. The number of halogens is 1. The lowest BCUT2D eigenvalue weighted by atomic mass is 10.1. The van der Waals surface area contributed by atoms with E-state index >= 15 is 0 Å². The van der Waals surface area contributed by atoms with E-state index in [2.05, 4.69) is 20.9 Å². The number of fused-ring (bicyclic) bond motifs is 1. The van der Waals surface area contributed by atoms with E-state index in [0.29, 0.717) is 12.3 Å². The third-order valence-corrected chi connectivity index (χ3v) is 3.60. The molecule has 3 rings (SSSR count). The van der Waals surface area contributed by atoms with Gasteiger partial charge in [-0.2, -0.15) is 0 Å². The number of hydrogen-bond acceptors (Lipinski definition) is 3. The Kier molecular flexibility index (Phi) is 3.56. The minimum Gasteiger partial charge on any atom is -0.487 e. The molecule has 0 amide bonds. The van der Waals surface area contributed by atoms with Crippen molar-refractivity contribution in [1.82, 2.24) is 4.98 Å². The van der Waals surface area contributed by atoms with Crippen molar-refractivity contribution in [2.75, 3.05) is 5.73 Å². The number of hydrogen-bond donors (Lipinski definition) is 1. The molecule has 3 nitrogen and oxygen atoms in total. The molecule has 0 atom stereocenters. The van der Waals surface area contributed by atoms with Gasteiger partial charge in [-0.3, -0.25) is 4.98 Å². The van der Waals surface area contributed by atoms with Crippen molar-refractivity contribution in [3.63, 3.8) is 0 Å². The number of nitrogen functional groups attached to an aromatic ring is 1. The molecule has 0 aliphatic carbocycles. The van der Waals surface area contributed by atoms with Crippen LogP contribution < -0.4 is 10.5 Å². The lowest BCUT2D eigenvalue weighted by Crippen LogP contribution is -1.98. The summed E-state index contributed by atoms with van der Waals surface area (Å²) in [5.41, 5.74) is 8.56. The van der Waals surface area contributed by atoms with Gasteiger partial charge in [0.1, 0.15) is 17.9 Å². The predicted octanol–water partition coefficient (Wildman–Crippen LogP) is 4.16. The Balaban J connectivity index is 1.88. The second kappa shape index (κ2) is 5.51. The maximum atomic E-state index is 5.95. The van der Waals surface area contributed by atoms with Crippen LogP contribution in [0.25, 0.3) is 10.9 Å². The zero-order chi connectivity index (χ0) is 13.9. The average Bonchev–Trinajstić information content (AvgIpc) is 2.49. The first kappa shape index (κ1) is 12.9. The minimum absolute atomic E-state index is 0.503. The predicted molar refractivity (Wildman–Crippen MR) is 84.6 cm³/mol. The molecule has 100 valence electrons. The Morgan fingerprint density at radius 2 is 1.85 bits per heavy atom. The summed E-state index contributed by atoms with van der Waals surface area (Å²) < 4.78 is 6.92. The van der Waals surface area contributed by atoms with Crippen LogP contribution in [0.3, 0.4) is 0 Å². The third-order valence-electron chi connectivity index (χ3n) is 3.07. The van der Waals surface area contributed by atoms with Crippen LogP contribution in [0.1, 0.15) is 5.56 Å². The molecule has 1 heterocycles. The van der Waals surface area contributed by atoms with Gasteiger partial charge in [-0.1, -0.05) is 28.1 Å². The smallest absolute Gasteiger partial charge is 0.146 e. The number of nitrogens with zero attached hydrogens (tertiary/aromatic N) is 1. The van der Waals surface area contributed by atoms with Gasteiger partial charge in [0.15, 0.2) is 0 Å². The Labute approximate surface area is 125 Å². The number of ether oxygens (including phenoxy) is 1. The molecule has 0 spiro atoms. The van der Waals surface area contributed by atoms with Crippen LogP contribution in [0.15, 0.2) is 59.2 Å². The summed E-state index contributed by atoms with van der Waals surface area (Å²) in [6, 6.07) is 15.6. The topological polar surface area (TPSA) is 48.1 Å². The number of rotatable bonds is 3. The SMILES string of the molecule is Nc1ccc(OCc2ccc(Br)cc2)c2ncccc12. The van der Waals surface area contributed by atoms with Gasteiger partial charge in [-0.05, 0) is 42.0 Å². The highest BCUT2D eigenvalue weighted by molar-refractivity contribution is 9.10. The molecule has 0 aliphatic rings. The first-order chi connectivity index (χ1) is 9.74. The molecule has 0 fully saturated rings. The van der Waals surface area contributed by atoms with E-state index in [4.69, 9.17) is 10.5 Å². The maximum Gasteiger partial charge on any atom is 0.146 e. The van der Waals surface area contributed by atoms with E-state index in [0.717, 1.165) is 26.7 Å². The van der Waals surface area contributed by atoms with Crippen molar-refractivity contribution in [2.24, 2.45) is 0 Å². The fourth-order valence-corrected chi connectivity index (χ4v) is 2.29. The molecular formula is C16H13BrN2O. The molecule has 0 bridgehead atoms. The van der Waals surface area contributed by atoms with Crippen LogP contribution in [-0.4, -0.2) is 4.98 Å². The second-order valence-electron chi connectivity index (χ2n) is 4.47. The third kappa shape index (κ3) is 2.60. The van der Waals surface area contributed by atoms with Gasteiger partial charge in [0.25, 0.3) is 0 Å². The number of aromatic nitrogens is 1. The lowest BCUT2D eigenvalue weighted by molar-refractivity contribution is 0.309. The summed E-state index contributed by atoms with van der Waals surface area (Å²) in [4.78, 5) is 4.36. The molecule has 0 radical (unpaired) electrons. The van der Waals surface area contributed by atoms with Crippen molar-refractivity contribution in [3.8, 4) is 5.75 Å². The van der Waals surface area contributed by atoms with Gasteiger partial charge in [0, 0.05) is 21.7 Å². The van der Waals surface area contributed by atoms with Crippen LogP contribution in [-0.2, 0) is 6.61 Å². The molecular weight excluding hydrogens is 316 g/mol. The van der Waals surface area contributed by atoms with Crippen molar-refractivity contribution < 1.29 is 4.74 Å². The summed E-state index contributed by atoms with van der Waals surface area (Å²) in [6.45, 7) is 0.503. The Morgan fingerprint density at radius 3 is 2.65 bits per heavy atom. The van der Waals surface area contributed by atoms with Crippen LogP contribution >= 0.6 is 15.9 Å². The van der Waals surface area contributed by atoms with Crippen molar-refractivity contribution in [2.45, 2.75) is 6.61 Å². The molecule has 1 aromatic heterocycles. The van der Waals surface area contributed by atoms with E-state index in [1.165, 1.54) is 0 Å². The molecule has 2 N–H and O–H groups in total. The minimum atomic E-state index is 0.503. The van der Waals surface area contributed by atoms with E-state index < -0.39 is 0 Å². The average molecular weight is 329 g/mol. The zero-order valence-corrected chi connectivity index (χ0v) is 12.3. The van der Waals surface area contributed by atoms with E-state index in [1.54, 1.807) is 6.20 Å². The largest absolute Gasteiger partial charge is 0.487 e. The standard InChI is InChI=1S/C16H13BrN2O/c17-12-5-3-11(4-6-12)10-20-15-8-7-14(18)13-2-1-9-19-16(13)15/h1-9H,10,18H2. The fraction of sp³-hybridized carbons (Fsp3) is 0.0625. The molecule has 3 aromatic rings. The normalized spacial score (nSPS) is 10.7. The molecule has 0 aliphatic heterocycles. The summed E-state index contributed by atoms with van der Waals surface area (Å²) in [6.07, 6.45) is 1.74. The monoisotopic (exact) mass is 328 g/mol. The highest BCUT2D eigenvalue weighted by atomic mass is 79.9. The Bertz CT molecular complexity index is 741. The van der Waals surface area contributed by atoms with Gasteiger partial charge in [0.05, 0.1) is 0 Å². The number of anilines is 1. The first-order valence-electron chi connectivity index (χ1n) is 6.24. The van der Waals surface area contributed by atoms with Crippen molar-refractivity contribution in [3.05, 3.63) is 64.8 Å². The quantitative estimate of drug-likeness (QED) is 0.734. The zero-order valence-electron chi connectivity index (χ0n) is 10.7. The Hall–Kier alpha value is -2.07. The number of pyridine rings is 1. The van der Waals surface area contributed by atoms with Crippen LogP contribution in [0.5, 0.6) is 5.75 Å². The molecule has 4 heteroatoms. The van der Waals surface area contributed by atoms with Crippen molar-refractivity contribution in [1.29, 1.82) is 0 Å². The van der Waals surface area contributed by atoms with Gasteiger partial charge in [0.2, 0.25) is 0 Å². The highest BCUT2D eigenvalue weighted by Crippen LogP contribution is 2.28. The summed E-state index contributed by atoms with van der Waals surface area (Å²) in [5.74, 6) is 0.748. The van der Waals surface area contributed by atoms with Crippen LogP contribution in [0.4, 0.5) is 5.69 Å². The lowest BCUT2D eigenvalue weighted by Gasteiger charge is -2.10. The molecule has 0 unspecified atom stereocenters. The Morgan fingerprint density at radius 1 is 1.05 bits per heavy atom. The van der Waals surface area contributed by atoms with Gasteiger partial charge >= 0.3 is 0 Å². The maximum absolute atomic E-state index is 5.95. The molecule has 2 aromatic carbocycles. The van der Waals surface area contributed by atoms with E-state index in [1.807, 2.05) is 48.5 Å². The summed E-state index contributed by atoms with van der Waals surface area (Å²) >= 11 is 3.42. The van der Waals surface area contributed by atoms with Gasteiger partial charge in [-0.25, -0.2) is 0 Å². The molecule has 0 saturated heterocycles. The molecule has 0 saturated carbocycles. The van der Waals surface area contributed by atoms with Crippen molar-refractivity contribution >= 4 is 32.5 Å². The van der Waals surface area contributed by atoms with Crippen LogP contribution in [0.2, 0.25) is 0 Å². The number of nitrogens with two attached hydrogens (primary N) is 1. The molecule has 20 heavy (non-hydrogen) atoms. The summed E-state index contributed by atoms with van der Waals surface area (Å²) in [7, 11) is 0. The van der Waals surface area contributed by atoms with E-state index in [-0.39, 0.29) is 0 Å². The number of benzene rings is 2. The van der Waals surface area contributed by atoms with Gasteiger partial charge < -0.3 is 10.5 Å². The van der Waals surface area contributed by atoms with E-state index in [9.17, 15) is 0 Å². The summed E-state index contributed by atoms with van der Waals surface area (Å²) in [5, 5.41) is 0.917. The second-order valence-corrected chi connectivity index (χ2v) is 5.38.